The van der Waals surface area contributed by atoms with Gasteiger partial charge in [-0.05, 0) is 37.3 Å². The Morgan fingerprint density at radius 2 is 2.15 bits per heavy atom. The number of amides is 1. The maximum absolute atomic E-state index is 13.0. The van der Waals surface area contributed by atoms with E-state index in [1.54, 1.807) is 17.5 Å². The Labute approximate surface area is 156 Å². The average molecular weight is 367 g/mol. The third kappa shape index (κ3) is 3.62. The maximum Gasteiger partial charge on any atom is 0.264 e. The minimum Gasteiger partial charge on any atom is -0.370 e. The molecule has 0 saturated carbocycles. The SMILES string of the molecule is Cc1ccc(C(=O)N2Cc3ccnn3CC(CNc3ccccn3)C2)s1. The van der Waals surface area contributed by atoms with E-state index in [9.17, 15) is 4.79 Å². The van der Waals surface area contributed by atoms with Gasteiger partial charge in [-0.2, -0.15) is 5.10 Å². The van der Waals surface area contributed by atoms with Crippen molar-refractivity contribution < 1.29 is 4.79 Å². The number of nitrogens with one attached hydrogen (secondary N) is 1. The highest BCUT2D eigenvalue weighted by atomic mass is 32.1. The van der Waals surface area contributed by atoms with Gasteiger partial charge in [0.05, 0.1) is 17.1 Å². The topological polar surface area (TPSA) is 63.1 Å². The number of carbonyl (C=O) groups is 1. The van der Waals surface area contributed by atoms with Gasteiger partial charge in [-0.3, -0.25) is 9.48 Å². The zero-order valence-corrected chi connectivity index (χ0v) is 15.4. The van der Waals surface area contributed by atoms with Crippen LogP contribution in [0.5, 0.6) is 0 Å². The number of nitrogens with zero attached hydrogens (tertiary/aromatic N) is 4. The Hall–Kier alpha value is -2.67. The maximum atomic E-state index is 13.0. The number of thiophene rings is 1. The molecule has 7 heteroatoms. The molecule has 4 rings (SSSR count). The molecule has 6 nitrogen and oxygen atoms in total. The van der Waals surface area contributed by atoms with Gasteiger partial charge in [0.15, 0.2) is 0 Å². The lowest BCUT2D eigenvalue weighted by Crippen LogP contribution is -2.35. The molecular weight excluding hydrogens is 346 g/mol. The summed E-state index contributed by atoms with van der Waals surface area (Å²) < 4.78 is 2.01. The second-order valence-corrected chi connectivity index (χ2v) is 7.85. The van der Waals surface area contributed by atoms with Gasteiger partial charge < -0.3 is 10.2 Å². The van der Waals surface area contributed by atoms with Gasteiger partial charge in [0.25, 0.3) is 5.91 Å². The number of hydrogen-bond donors (Lipinski definition) is 1. The van der Waals surface area contributed by atoms with E-state index in [0.717, 1.165) is 34.4 Å². The van der Waals surface area contributed by atoms with Crippen molar-refractivity contribution in [1.82, 2.24) is 19.7 Å². The third-order valence-corrected chi connectivity index (χ3v) is 5.53. The van der Waals surface area contributed by atoms with E-state index >= 15 is 0 Å². The zero-order chi connectivity index (χ0) is 17.9. The lowest BCUT2D eigenvalue weighted by atomic mass is 10.1. The van der Waals surface area contributed by atoms with E-state index in [1.807, 2.05) is 59.1 Å². The van der Waals surface area contributed by atoms with Crippen molar-refractivity contribution in [1.29, 1.82) is 0 Å². The number of pyridine rings is 1. The van der Waals surface area contributed by atoms with Crippen molar-refractivity contribution in [2.75, 3.05) is 18.4 Å². The molecule has 3 aromatic rings. The smallest absolute Gasteiger partial charge is 0.264 e. The van der Waals surface area contributed by atoms with Gasteiger partial charge in [0.2, 0.25) is 0 Å². The highest BCUT2D eigenvalue weighted by Crippen LogP contribution is 2.22. The van der Waals surface area contributed by atoms with Crippen LogP contribution in [0, 0.1) is 12.8 Å². The van der Waals surface area contributed by atoms with E-state index in [-0.39, 0.29) is 11.8 Å². The van der Waals surface area contributed by atoms with Crippen LogP contribution in [0.25, 0.3) is 0 Å². The molecule has 1 unspecified atom stereocenters. The van der Waals surface area contributed by atoms with Crippen LogP contribution in [0.2, 0.25) is 0 Å². The Morgan fingerprint density at radius 3 is 2.92 bits per heavy atom. The molecule has 0 spiro atoms. The summed E-state index contributed by atoms with van der Waals surface area (Å²) in [5, 5.41) is 7.81. The fourth-order valence-corrected chi connectivity index (χ4v) is 4.07. The molecule has 0 fully saturated rings. The van der Waals surface area contributed by atoms with Crippen molar-refractivity contribution in [2.24, 2.45) is 5.92 Å². The Bertz CT molecular complexity index is 888. The molecule has 4 heterocycles. The fraction of sp³-hybridized carbons (Fsp3) is 0.316. The van der Waals surface area contributed by atoms with Gasteiger partial charge in [0.1, 0.15) is 5.82 Å². The molecule has 1 amide bonds. The Kier molecular flexibility index (Phi) is 4.71. The van der Waals surface area contributed by atoms with Crippen LogP contribution in [-0.2, 0) is 13.1 Å². The molecule has 1 atom stereocenters. The van der Waals surface area contributed by atoms with Crippen molar-refractivity contribution in [3.8, 4) is 0 Å². The quantitative estimate of drug-likeness (QED) is 0.770. The second kappa shape index (κ2) is 7.29. The summed E-state index contributed by atoms with van der Waals surface area (Å²) in [6.07, 6.45) is 3.58. The molecular formula is C19H21N5OS. The molecule has 134 valence electrons. The standard InChI is InChI=1S/C19H21N5OS/c1-14-5-6-17(26-14)19(25)23-11-15(10-21-18-4-2-3-8-20-18)12-24-16(13-23)7-9-22-24/h2-9,15H,10-13H2,1H3,(H,20,21). The summed E-state index contributed by atoms with van der Waals surface area (Å²) in [5.74, 6) is 1.20. The van der Waals surface area contributed by atoms with Crippen LogP contribution in [0.15, 0.2) is 48.8 Å². The second-order valence-electron chi connectivity index (χ2n) is 6.56. The lowest BCUT2D eigenvalue weighted by molar-refractivity contribution is 0.0729. The van der Waals surface area contributed by atoms with Crippen LogP contribution in [0.1, 0.15) is 20.2 Å². The molecule has 0 radical (unpaired) electrons. The summed E-state index contributed by atoms with van der Waals surface area (Å²) in [6.45, 7) is 4.84. The van der Waals surface area contributed by atoms with E-state index in [1.165, 1.54) is 0 Å². The first-order valence-corrected chi connectivity index (χ1v) is 9.52. The zero-order valence-electron chi connectivity index (χ0n) is 14.6. The molecule has 1 aliphatic heterocycles. The van der Waals surface area contributed by atoms with E-state index < -0.39 is 0 Å². The summed E-state index contributed by atoms with van der Waals surface area (Å²) in [6, 6.07) is 11.7. The predicted octanol–water partition coefficient (Wildman–Crippen LogP) is 3.03. The monoisotopic (exact) mass is 367 g/mol. The first-order valence-electron chi connectivity index (χ1n) is 8.70. The van der Waals surface area contributed by atoms with Crippen LogP contribution >= 0.6 is 11.3 Å². The normalized spacial score (nSPS) is 16.8. The van der Waals surface area contributed by atoms with E-state index in [2.05, 4.69) is 15.4 Å². The van der Waals surface area contributed by atoms with E-state index in [0.29, 0.717) is 13.1 Å². The molecule has 1 N–H and O–H groups in total. The highest BCUT2D eigenvalue weighted by molar-refractivity contribution is 7.13. The summed E-state index contributed by atoms with van der Waals surface area (Å²) >= 11 is 1.55. The Morgan fingerprint density at radius 1 is 1.23 bits per heavy atom. The first-order chi connectivity index (χ1) is 12.7. The Balaban J connectivity index is 1.52. The number of aryl methyl sites for hydroxylation is 1. The third-order valence-electron chi connectivity index (χ3n) is 4.54. The fourth-order valence-electron chi connectivity index (χ4n) is 3.24. The predicted molar refractivity (Wildman–Crippen MR) is 102 cm³/mol. The number of fused-ring (bicyclic) bond motifs is 1. The molecule has 0 aromatic carbocycles. The molecule has 0 aliphatic carbocycles. The summed E-state index contributed by atoms with van der Waals surface area (Å²) in [5.41, 5.74) is 1.08. The molecule has 0 saturated heterocycles. The highest BCUT2D eigenvalue weighted by Gasteiger charge is 2.26. The van der Waals surface area contributed by atoms with Crippen molar-refractivity contribution in [3.05, 3.63) is 64.2 Å². The number of rotatable bonds is 4. The van der Waals surface area contributed by atoms with Crippen LogP contribution < -0.4 is 5.32 Å². The van der Waals surface area contributed by atoms with Gasteiger partial charge in [0, 0.05) is 42.8 Å². The number of aromatic nitrogens is 3. The summed E-state index contributed by atoms with van der Waals surface area (Å²) in [4.78, 5) is 21.2. The molecule has 0 bridgehead atoms. The largest absolute Gasteiger partial charge is 0.370 e. The van der Waals surface area contributed by atoms with Crippen molar-refractivity contribution >= 4 is 23.1 Å². The average Bonchev–Trinajstić information content (AvgIpc) is 3.24. The van der Waals surface area contributed by atoms with Gasteiger partial charge in [-0.15, -0.1) is 11.3 Å². The minimum atomic E-state index is 0.0978. The van der Waals surface area contributed by atoms with Crippen molar-refractivity contribution in [2.45, 2.75) is 20.0 Å². The lowest BCUT2D eigenvalue weighted by Gasteiger charge is -2.24. The van der Waals surface area contributed by atoms with Gasteiger partial charge in [-0.25, -0.2) is 4.98 Å². The first kappa shape index (κ1) is 16.8. The van der Waals surface area contributed by atoms with Crippen LogP contribution in [-0.4, -0.2) is 38.7 Å². The van der Waals surface area contributed by atoms with Crippen LogP contribution in [0.3, 0.4) is 0 Å². The summed E-state index contributed by atoms with van der Waals surface area (Å²) in [7, 11) is 0. The van der Waals surface area contributed by atoms with Gasteiger partial charge >= 0.3 is 0 Å². The number of anilines is 1. The van der Waals surface area contributed by atoms with Crippen molar-refractivity contribution in [3.63, 3.8) is 0 Å². The molecule has 26 heavy (non-hydrogen) atoms. The molecule has 3 aromatic heterocycles. The van der Waals surface area contributed by atoms with Gasteiger partial charge in [-0.1, -0.05) is 6.07 Å². The van der Waals surface area contributed by atoms with E-state index in [4.69, 9.17) is 0 Å². The number of hydrogen-bond acceptors (Lipinski definition) is 5. The molecule has 1 aliphatic rings. The van der Waals surface area contributed by atoms with Crippen LogP contribution in [0.4, 0.5) is 5.82 Å². The number of carbonyl (C=O) groups excluding carboxylic acids is 1. The minimum absolute atomic E-state index is 0.0978.